The molecule has 1 saturated heterocycles. The zero-order chi connectivity index (χ0) is 17.8. The van der Waals surface area contributed by atoms with Crippen molar-refractivity contribution in [1.29, 1.82) is 0 Å². The Balaban J connectivity index is 1.57. The van der Waals surface area contributed by atoms with Gasteiger partial charge in [-0.1, -0.05) is 13.8 Å². The van der Waals surface area contributed by atoms with Gasteiger partial charge in [-0.3, -0.25) is 14.7 Å². The molecule has 2 amide bonds. The maximum absolute atomic E-state index is 12.7. The number of nitrogens with zero attached hydrogens (tertiary/aromatic N) is 3. The van der Waals surface area contributed by atoms with Gasteiger partial charge in [0.05, 0.1) is 12.2 Å². The molecule has 1 aliphatic carbocycles. The average molecular weight is 346 g/mol. The van der Waals surface area contributed by atoms with Crippen molar-refractivity contribution >= 4 is 11.8 Å². The SMILES string of the molecule is CC(C)C1CN(C(=O)CCCc2cn[nH]c2)CCC(=O)N1CC1CC1. The number of hydrogen-bond donors (Lipinski definition) is 1. The van der Waals surface area contributed by atoms with E-state index in [4.69, 9.17) is 0 Å². The van der Waals surface area contributed by atoms with Gasteiger partial charge in [-0.2, -0.15) is 5.10 Å². The highest BCUT2D eigenvalue weighted by Crippen LogP contribution is 2.32. The van der Waals surface area contributed by atoms with Gasteiger partial charge in [-0.15, -0.1) is 0 Å². The summed E-state index contributed by atoms with van der Waals surface area (Å²) in [6, 6.07) is 0.147. The second-order valence-corrected chi connectivity index (χ2v) is 7.85. The van der Waals surface area contributed by atoms with Crippen LogP contribution in [0.4, 0.5) is 0 Å². The minimum atomic E-state index is 0.147. The fourth-order valence-electron chi connectivity index (χ4n) is 3.60. The number of hydrogen-bond acceptors (Lipinski definition) is 3. The van der Waals surface area contributed by atoms with Crippen molar-refractivity contribution in [1.82, 2.24) is 20.0 Å². The highest BCUT2D eigenvalue weighted by atomic mass is 16.2. The van der Waals surface area contributed by atoms with E-state index < -0.39 is 0 Å². The van der Waals surface area contributed by atoms with Crippen LogP contribution in [0.25, 0.3) is 0 Å². The maximum atomic E-state index is 12.7. The third kappa shape index (κ3) is 4.83. The summed E-state index contributed by atoms with van der Waals surface area (Å²) in [6.07, 6.45) is 8.84. The molecule has 0 aromatic carbocycles. The van der Waals surface area contributed by atoms with Crippen LogP contribution in [0.2, 0.25) is 0 Å². The van der Waals surface area contributed by atoms with E-state index in [1.807, 2.05) is 11.1 Å². The van der Waals surface area contributed by atoms with Crippen LogP contribution in [0.15, 0.2) is 12.4 Å². The molecule has 1 unspecified atom stereocenters. The van der Waals surface area contributed by atoms with Gasteiger partial charge in [-0.05, 0) is 43.1 Å². The summed E-state index contributed by atoms with van der Waals surface area (Å²) >= 11 is 0. The fourth-order valence-corrected chi connectivity index (χ4v) is 3.60. The summed E-state index contributed by atoms with van der Waals surface area (Å²) in [5.41, 5.74) is 1.13. The van der Waals surface area contributed by atoms with Crippen LogP contribution in [-0.4, -0.2) is 57.5 Å². The van der Waals surface area contributed by atoms with E-state index in [1.54, 1.807) is 6.20 Å². The zero-order valence-corrected chi connectivity index (χ0v) is 15.4. The van der Waals surface area contributed by atoms with Gasteiger partial charge in [0, 0.05) is 38.7 Å². The molecule has 1 aliphatic heterocycles. The lowest BCUT2D eigenvalue weighted by Crippen LogP contribution is -2.48. The molecule has 1 atom stereocenters. The van der Waals surface area contributed by atoms with Gasteiger partial charge >= 0.3 is 0 Å². The van der Waals surface area contributed by atoms with Crippen molar-refractivity contribution < 1.29 is 9.59 Å². The van der Waals surface area contributed by atoms with Crippen LogP contribution < -0.4 is 0 Å². The number of aromatic nitrogens is 2. The number of aryl methyl sites for hydroxylation is 1. The number of amides is 2. The molecule has 6 heteroatoms. The first-order valence-electron chi connectivity index (χ1n) is 9.59. The lowest BCUT2D eigenvalue weighted by Gasteiger charge is -2.34. The molecule has 138 valence electrons. The maximum Gasteiger partial charge on any atom is 0.224 e. The molecule has 6 nitrogen and oxygen atoms in total. The Labute approximate surface area is 149 Å². The monoisotopic (exact) mass is 346 g/mol. The first kappa shape index (κ1) is 18.0. The lowest BCUT2D eigenvalue weighted by molar-refractivity contribution is -0.134. The minimum absolute atomic E-state index is 0.147. The molecule has 1 aromatic rings. The van der Waals surface area contributed by atoms with Crippen molar-refractivity contribution in [3.05, 3.63) is 18.0 Å². The normalized spacial score (nSPS) is 21.7. The molecule has 2 heterocycles. The Hall–Kier alpha value is -1.85. The van der Waals surface area contributed by atoms with E-state index in [-0.39, 0.29) is 17.9 Å². The first-order valence-corrected chi connectivity index (χ1v) is 9.59. The van der Waals surface area contributed by atoms with Crippen LogP contribution >= 0.6 is 0 Å². The fraction of sp³-hybridized carbons (Fsp3) is 0.737. The Morgan fingerprint density at radius 1 is 1.40 bits per heavy atom. The van der Waals surface area contributed by atoms with Crippen LogP contribution in [0, 0.1) is 11.8 Å². The molecule has 0 spiro atoms. The Bertz CT molecular complexity index is 580. The van der Waals surface area contributed by atoms with Gasteiger partial charge in [0.1, 0.15) is 0 Å². The molecule has 2 aliphatic rings. The Kier molecular flexibility index (Phi) is 5.76. The summed E-state index contributed by atoms with van der Waals surface area (Å²) in [5, 5.41) is 6.73. The molecule has 3 rings (SSSR count). The molecule has 0 bridgehead atoms. The first-order chi connectivity index (χ1) is 12.0. The molecule has 0 radical (unpaired) electrons. The van der Waals surface area contributed by atoms with Gasteiger partial charge in [0.25, 0.3) is 0 Å². The van der Waals surface area contributed by atoms with Crippen LogP contribution in [-0.2, 0) is 16.0 Å². The smallest absolute Gasteiger partial charge is 0.224 e. The summed E-state index contributed by atoms with van der Waals surface area (Å²) in [6.45, 7) is 6.44. The lowest BCUT2D eigenvalue weighted by atomic mass is 10.0. The van der Waals surface area contributed by atoms with E-state index in [1.165, 1.54) is 12.8 Å². The Morgan fingerprint density at radius 3 is 2.84 bits per heavy atom. The quantitative estimate of drug-likeness (QED) is 0.823. The third-order valence-electron chi connectivity index (χ3n) is 5.41. The van der Waals surface area contributed by atoms with Crippen LogP contribution in [0.1, 0.15) is 51.5 Å². The molecular weight excluding hydrogens is 316 g/mol. The summed E-state index contributed by atoms with van der Waals surface area (Å²) in [7, 11) is 0. The summed E-state index contributed by atoms with van der Waals surface area (Å²) in [4.78, 5) is 29.3. The van der Waals surface area contributed by atoms with Gasteiger partial charge in [-0.25, -0.2) is 0 Å². The standard InChI is InChI=1S/C19H30N4O2/c1-14(2)17-13-22(9-8-19(25)23(17)12-15-6-7-15)18(24)5-3-4-16-10-20-21-11-16/h10-11,14-15,17H,3-9,12-13H2,1-2H3,(H,20,21). The summed E-state index contributed by atoms with van der Waals surface area (Å²) in [5.74, 6) is 1.44. The second-order valence-electron chi connectivity index (χ2n) is 7.85. The van der Waals surface area contributed by atoms with Gasteiger partial charge in [0.2, 0.25) is 11.8 Å². The minimum Gasteiger partial charge on any atom is -0.340 e. The highest BCUT2D eigenvalue weighted by Gasteiger charge is 2.36. The number of H-pyrrole nitrogens is 1. The number of carbonyl (C=O) groups is 2. The van der Waals surface area contributed by atoms with E-state index in [9.17, 15) is 9.59 Å². The van der Waals surface area contributed by atoms with Crippen LogP contribution in [0.5, 0.6) is 0 Å². The van der Waals surface area contributed by atoms with Crippen molar-refractivity contribution in [2.45, 2.75) is 58.4 Å². The average Bonchev–Trinajstić information content (AvgIpc) is 3.29. The predicted molar refractivity (Wildman–Crippen MR) is 95.8 cm³/mol. The molecular formula is C19H30N4O2. The predicted octanol–water partition coefficient (Wildman–Crippen LogP) is 2.23. The highest BCUT2D eigenvalue weighted by molar-refractivity contribution is 5.80. The number of rotatable bonds is 7. The van der Waals surface area contributed by atoms with E-state index in [0.29, 0.717) is 37.8 Å². The Morgan fingerprint density at radius 2 is 2.20 bits per heavy atom. The largest absolute Gasteiger partial charge is 0.340 e. The molecule has 1 saturated carbocycles. The van der Waals surface area contributed by atoms with Gasteiger partial charge < -0.3 is 9.80 Å². The molecule has 25 heavy (non-hydrogen) atoms. The molecule has 2 fully saturated rings. The second kappa shape index (κ2) is 8.02. The number of nitrogens with one attached hydrogen (secondary N) is 1. The van der Waals surface area contributed by atoms with Crippen LogP contribution in [0.3, 0.4) is 0 Å². The third-order valence-corrected chi connectivity index (χ3v) is 5.41. The van der Waals surface area contributed by atoms with Crippen molar-refractivity contribution in [3.63, 3.8) is 0 Å². The number of carbonyl (C=O) groups excluding carboxylic acids is 2. The van der Waals surface area contributed by atoms with E-state index in [2.05, 4.69) is 28.9 Å². The molecule has 1 aromatic heterocycles. The van der Waals surface area contributed by atoms with E-state index in [0.717, 1.165) is 24.9 Å². The topological polar surface area (TPSA) is 69.3 Å². The van der Waals surface area contributed by atoms with E-state index >= 15 is 0 Å². The van der Waals surface area contributed by atoms with Crippen molar-refractivity contribution in [3.8, 4) is 0 Å². The zero-order valence-electron chi connectivity index (χ0n) is 15.4. The van der Waals surface area contributed by atoms with Crippen molar-refractivity contribution in [2.75, 3.05) is 19.6 Å². The summed E-state index contributed by atoms with van der Waals surface area (Å²) < 4.78 is 0. The van der Waals surface area contributed by atoms with Gasteiger partial charge in [0.15, 0.2) is 0 Å². The number of aromatic amines is 1. The van der Waals surface area contributed by atoms with Crippen molar-refractivity contribution in [2.24, 2.45) is 11.8 Å². The molecule has 1 N–H and O–H groups in total.